The molecule has 2 heteroatoms. The molecule has 0 saturated heterocycles. The zero-order valence-corrected chi connectivity index (χ0v) is 10.7. The van der Waals surface area contributed by atoms with Gasteiger partial charge in [-0.3, -0.25) is 4.79 Å². The maximum absolute atomic E-state index is 12.2. The molecule has 0 N–H and O–H groups in total. The van der Waals surface area contributed by atoms with E-state index in [1.807, 2.05) is 23.1 Å². The largest absolute Gasteiger partial charge is 0.335 e. The Hall–Kier alpha value is -1.31. The number of carbonyl (C=O) groups excluding carboxylic acids is 1. The Labute approximate surface area is 104 Å². The predicted molar refractivity (Wildman–Crippen MR) is 69.5 cm³/mol. The summed E-state index contributed by atoms with van der Waals surface area (Å²) < 4.78 is 0. The molecule has 2 rings (SSSR count). The molecule has 0 spiro atoms. The smallest absolute Gasteiger partial charge is 0.226 e. The lowest BCUT2D eigenvalue weighted by atomic mass is 10.1. The third kappa shape index (κ3) is 3.09. The van der Waals surface area contributed by atoms with Crippen LogP contribution in [0.4, 0.5) is 0 Å². The van der Waals surface area contributed by atoms with Gasteiger partial charge in [-0.05, 0) is 31.7 Å². The first-order valence-corrected chi connectivity index (χ1v) is 6.56. The highest BCUT2D eigenvalue weighted by atomic mass is 16.2. The minimum Gasteiger partial charge on any atom is -0.335 e. The van der Waals surface area contributed by atoms with Gasteiger partial charge in [-0.15, -0.1) is 0 Å². The normalized spacial score (nSPS) is 16.6. The van der Waals surface area contributed by atoms with Crippen molar-refractivity contribution in [1.29, 1.82) is 0 Å². The molecule has 0 radical (unpaired) electrons. The topological polar surface area (TPSA) is 20.3 Å². The van der Waals surface area contributed by atoms with Crippen LogP contribution in [0.1, 0.15) is 38.7 Å². The van der Waals surface area contributed by atoms with Gasteiger partial charge in [-0.2, -0.15) is 0 Å². The first-order valence-electron chi connectivity index (χ1n) is 6.56. The predicted octanol–water partition coefficient (Wildman–Crippen LogP) is 3.22. The summed E-state index contributed by atoms with van der Waals surface area (Å²) in [5.41, 5.74) is 1.22. The molecule has 1 amide bonds. The Morgan fingerprint density at radius 2 is 2.00 bits per heavy atom. The molecular weight excluding hydrogens is 210 g/mol. The van der Waals surface area contributed by atoms with E-state index in [0.717, 1.165) is 25.8 Å². The molecule has 2 nitrogen and oxygen atoms in total. The summed E-state index contributed by atoms with van der Waals surface area (Å²) in [6, 6.07) is 10.6. The van der Waals surface area contributed by atoms with Crippen LogP contribution in [0.2, 0.25) is 0 Å². The fourth-order valence-corrected chi connectivity index (χ4v) is 2.02. The highest BCUT2D eigenvalue weighted by molar-refractivity contribution is 5.81. The van der Waals surface area contributed by atoms with Crippen molar-refractivity contribution in [1.82, 2.24) is 4.90 Å². The molecule has 92 valence electrons. The molecule has 1 saturated carbocycles. The Bertz CT molecular complexity index is 370. The molecular formula is C15H21NO. The van der Waals surface area contributed by atoms with E-state index >= 15 is 0 Å². The van der Waals surface area contributed by atoms with Gasteiger partial charge in [0, 0.05) is 18.5 Å². The molecule has 1 aromatic rings. The Kier molecular flexibility index (Phi) is 3.82. The third-order valence-electron chi connectivity index (χ3n) is 3.53. The van der Waals surface area contributed by atoms with E-state index in [2.05, 4.69) is 26.0 Å². The van der Waals surface area contributed by atoms with Gasteiger partial charge in [0.25, 0.3) is 0 Å². The first-order chi connectivity index (χ1) is 8.22. The van der Waals surface area contributed by atoms with Gasteiger partial charge in [-0.1, -0.05) is 37.3 Å². The molecule has 17 heavy (non-hydrogen) atoms. The summed E-state index contributed by atoms with van der Waals surface area (Å²) in [5.74, 6) is 0.663. The molecule has 0 bridgehead atoms. The van der Waals surface area contributed by atoms with Crippen LogP contribution < -0.4 is 0 Å². The van der Waals surface area contributed by atoms with Gasteiger partial charge in [0.2, 0.25) is 5.91 Å². The van der Waals surface area contributed by atoms with Crippen LogP contribution in [-0.4, -0.2) is 16.8 Å². The first kappa shape index (κ1) is 12.2. The summed E-state index contributed by atoms with van der Waals surface area (Å²) in [5, 5.41) is 0. The molecule has 1 aliphatic rings. The Balaban J connectivity index is 2.07. The third-order valence-corrected chi connectivity index (χ3v) is 3.53. The van der Waals surface area contributed by atoms with Gasteiger partial charge < -0.3 is 4.90 Å². The average Bonchev–Trinajstić information content (AvgIpc) is 3.20. The second-order valence-electron chi connectivity index (χ2n) is 4.98. The fourth-order valence-electron chi connectivity index (χ4n) is 2.02. The molecule has 0 heterocycles. The lowest BCUT2D eigenvalue weighted by Gasteiger charge is -2.29. The summed E-state index contributed by atoms with van der Waals surface area (Å²) in [6.45, 7) is 5.04. The summed E-state index contributed by atoms with van der Waals surface area (Å²) in [4.78, 5) is 14.3. The van der Waals surface area contributed by atoms with Crippen LogP contribution in [0.3, 0.4) is 0 Å². The van der Waals surface area contributed by atoms with E-state index in [1.54, 1.807) is 0 Å². The number of rotatable bonds is 5. The number of hydrogen-bond acceptors (Lipinski definition) is 1. The van der Waals surface area contributed by atoms with E-state index in [1.165, 1.54) is 5.56 Å². The Morgan fingerprint density at radius 3 is 2.53 bits per heavy atom. The molecule has 1 atom stereocenters. The number of carbonyl (C=O) groups is 1. The standard InChI is InChI=1S/C15H21NO/c1-3-12(2)16(15(17)14-9-10-14)11-13-7-5-4-6-8-13/h4-8,12,14H,3,9-11H2,1-2H3. The number of nitrogens with zero attached hydrogens (tertiary/aromatic N) is 1. The van der Waals surface area contributed by atoms with E-state index < -0.39 is 0 Å². The van der Waals surface area contributed by atoms with Crippen LogP contribution in [0.25, 0.3) is 0 Å². The number of hydrogen-bond donors (Lipinski definition) is 0. The molecule has 0 aliphatic heterocycles. The van der Waals surface area contributed by atoms with Gasteiger partial charge in [0.1, 0.15) is 0 Å². The van der Waals surface area contributed by atoms with Gasteiger partial charge in [0.15, 0.2) is 0 Å². The number of amides is 1. The van der Waals surface area contributed by atoms with Crippen LogP contribution in [-0.2, 0) is 11.3 Å². The van der Waals surface area contributed by atoms with Crippen molar-refractivity contribution in [2.45, 2.75) is 45.7 Å². The quantitative estimate of drug-likeness (QED) is 0.762. The maximum Gasteiger partial charge on any atom is 0.226 e. The van der Waals surface area contributed by atoms with Crippen molar-refractivity contribution in [3.63, 3.8) is 0 Å². The second kappa shape index (κ2) is 5.35. The SMILES string of the molecule is CCC(C)N(Cc1ccccc1)C(=O)C1CC1. The highest BCUT2D eigenvalue weighted by Crippen LogP contribution is 2.32. The number of benzene rings is 1. The van der Waals surface area contributed by atoms with Crippen molar-refractivity contribution in [3.05, 3.63) is 35.9 Å². The van der Waals surface area contributed by atoms with Crippen molar-refractivity contribution in [2.24, 2.45) is 5.92 Å². The summed E-state index contributed by atoms with van der Waals surface area (Å²) >= 11 is 0. The summed E-state index contributed by atoms with van der Waals surface area (Å²) in [6.07, 6.45) is 3.19. The molecule has 1 aliphatic carbocycles. The maximum atomic E-state index is 12.2. The van der Waals surface area contributed by atoms with E-state index in [9.17, 15) is 4.79 Å². The van der Waals surface area contributed by atoms with Crippen molar-refractivity contribution < 1.29 is 4.79 Å². The molecule has 0 aromatic heterocycles. The van der Waals surface area contributed by atoms with Crippen molar-refractivity contribution in [3.8, 4) is 0 Å². The van der Waals surface area contributed by atoms with E-state index in [0.29, 0.717) is 17.9 Å². The minimum atomic E-state index is 0.313. The second-order valence-corrected chi connectivity index (χ2v) is 4.98. The monoisotopic (exact) mass is 231 g/mol. The van der Waals surface area contributed by atoms with Gasteiger partial charge in [0.05, 0.1) is 0 Å². The van der Waals surface area contributed by atoms with E-state index in [4.69, 9.17) is 0 Å². The van der Waals surface area contributed by atoms with Crippen LogP contribution in [0.15, 0.2) is 30.3 Å². The Morgan fingerprint density at radius 1 is 1.35 bits per heavy atom. The van der Waals surface area contributed by atoms with Gasteiger partial charge in [-0.25, -0.2) is 0 Å². The molecule has 1 fully saturated rings. The lowest BCUT2D eigenvalue weighted by molar-refractivity contribution is -0.135. The molecule has 1 aromatic carbocycles. The zero-order valence-electron chi connectivity index (χ0n) is 10.7. The minimum absolute atomic E-state index is 0.313. The van der Waals surface area contributed by atoms with Crippen LogP contribution in [0, 0.1) is 5.92 Å². The van der Waals surface area contributed by atoms with E-state index in [-0.39, 0.29) is 0 Å². The van der Waals surface area contributed by atoms with Crippen LogP contribution in [0.5, 0.6) is 0 Å². The highest BCUT2D eigenvalue weighted by Gasteiger charge is 2.34. The van der Waals surface area contributed by atoms with Crippen molar-refractivity contribution in [2.75, 3.05) is 0 Å². The molecule has 1 unspecified atom stereocenters. The van der Waals surface area contributed by atoms with Crippen LogP contribution >= 0.6 is 0 Å². The average molecular weight is 231 g/mol. The summed E-state index contributed by atoms with van der Waals surface area (Å²) in [7, 11) is 0. The lowest BCUT2D eigenvalue weighted by Crippen LogP contribution is -2.38. The zero-order chi connectivity index (χ0) is 12.3. The van der Waals surface area contributed by atoms with Gasteiger partial charge >= 0.3 is 0 Å². The van der Waals surface area contributed by atoms with Crippen molar-refractivity contribution >= 4 is 5.91 Å². The fraction of sp³-hybridized carbons (Fsp3) is 0.533.